The van der Waals surface area contributed by atoms with Crippen molar-refractivity contribution >= 4 is 15.9 Å². The molecular formula is C30H51BrO7. The zero-order chi connectivity index (χ0) is 28.4. The molecule has 8 heteroatoms. The van der Waals surface area contributed by atoms with Crippen molar-refractivity contribution in [1.29, 1.82) is 0 Å². The van der Waals surface area contributed by atoms with Crippen LogP contribution >= 0.6 is 15.9 Å². The molecule has 38 heavy (non-hydrogen) atoms. The maximum Gasteiger partial charge on any atom is 0.195 e. The fourth-order valence-corrected chi connectivity index (χ4v) is 7.31. The Morgan fingerprint density at radius 2 is 1.58 bits per heavy atom. The number of aliphatic hydroxyl groups excluding tert-OH is 1. The van der Waals surface area contributed by atoms with Gasteiger partial charge >= 0.3 is 0 Å². The first-order valence-electron chi connectivity index (χ1n) is 14.5. The number of fused-ring (bicyclic) bond motifs is 1. The second-order valence-corrected chi connectivity index (χ2v) is 15.2. The number of rotatable bonds is 7. The standard InChI is InChI=1S/C30H51BrO7/c1-19(9-11-22(32)27(6)17-18-30(34,38-27)26(4,5)33)20-10-12-23-28(7,36-20)16-14-24(35-23)29(8)15-13-21(31)25(2,3)37-29/h20-24,32-34H,1,9-18H2,2-8H3/t20-,21-,22-,23-,24-,27+,28+,29+,30-/m1/s1. The Balaban J connectivity index is 1.30. The number of ether oxygens (including phenoxy) is 4. The van der Waals surface area contributed by atoms with Gasteiger partial charge in [0.05, 0.1) is 46.8 Å². The van der Waals surface area contributed by atoms with Crippen molar-refractivity contribution in [3.63, 3.8) is 0 Å². The highest BCUT2D eigenvalue weighted by atomic mass is 79.9. The summed E-state index contributed by atoms with van der Waals surface area (Å²) in [5.41, 5.74) is -2.28. The van der Waals surface area contributed by atoms with Gasteiger partial charge < -0.3 is 34.3 Å². The van der Waals surface area contributed by atoms with Gasteiger partial charge in [-0.15, -0.1) is 0 Å². The Kier molecular flexibility index (Phi) is 8.40. The zero-order valence-electron chi connectivity index (χ0n) is 24.5. The molecule has 0 saturated carbocycles. The van der Waals surface area contributed by atoms with E-state index in [4.69, 9.17) is 18.9 Å². The summed E-state index contributed by atoms with van der Waals surface area (Å²) in [5, 5.41) is 32.1. The molecule has 0 unspecified atom stereocenters. The monoisotopic (exact) mass is 602 g/mol. The Labute approximate surface area is 237 Å². The third-order valence-corrected chi connectivity index (χ3v) is 11.6. The number of aliphatic hydroxyl groups is 3. The van der Waals surface area contributed by atoms with Gasteiger partial charge in [-0.2, -0.15) is 0 Å². The molecule has 0 bridgehead atoms. The van der Waals surface area contributed by atoms with Gasteiger partial charge in [-0.05, 0) is 112 Å². The summed E-state index contributed by atoms with van der Waals surface area (Å²) in [5.74, 6) is -1.67. The van der Waals surface area contributed by atoms with E-state index in [9.17, 15) is 15.3 Å². The highest BCUT2D eigenvalue weighted by Crippen LogP contribution is 2.49. The smallest absolute Gasteiger partial charge is 0.195 e. The lowest BCUT2D eigenvalue weighted by atomic mass is 9.76. The van der Waals surface area contributed by atoms with Crippen molar-refractivity contribution in [2.24, 2.45) is 0 Å². The summed E-state index contributed by atoms with van der Waals surface area (Å²) >= 11 is 3.79. The third-order valence-electron chi connectivity index (χ3n) is 10.1. The number of hydrogen-bond acceptors (Lipinski definition) is 7. The SMILES string of the molecule is C=C(CC[C@@H](O)[C@]1(C)CC[C@](O)(C(C)(C)O)O1)[C@H]1CC[C@H]2O[C@@H]([C@]3(C)CC[C@@H](Br)C(C)(C)O3)CC[C@]2(C)O1. The van der Waals surface area contributed by atoms with E-state index in [-0.39, 0.29) is 41.5 Å². The predicted molar refractivity (Wildman–Crippen MR) is 150 cm³/mol. The van der Waals surface area contributed by atoms with Crippen LogP contribution in [0.5, 0.6) is 0 Å². The maximum atomic E-state index is 11.0. The normalized spacial score (nSPS) is 46.4. The van der Waals surface area contributed by atoms with Gasteiger partial charge in [0.25, 0.3) is 0 Å². The lowest BCUT2D eigenvalue weighted by Gasteiger charge is -2.55. The van der Waals surface area contributed by atoms with Crippen molar-refractivity contribution < 1.29 is 34.3 Å². The van der Waals surface area contributed by atoms with Gasteiger partial charge in [0, 0.05) is 11.2 Å². The predicted octanol–water partition coefficient (Wildman–Crippen LogP) is 5.31. The van der Waals surface area contributed by atoms with Gasteiger partial charge in [-0.1, -0.05) is 22.5 Å². The molecule has 0 aliphatic carbocycles. The summed E-state index contributed by atoms with van der Waals surface area (Å²) < 4.78 is 25.9. The zero-order valence-corrected chi connectivity index (χ0v) is 26.1. The molecule has 0 radical (unpaired) electrons. The van der Waals surface area contributed by atoms with E-state index >= 15 is 0 Å². The summed E-state index contributed by atoms with van der Waals surface area (Å²) in [6.45, 7) is 17.9. The molecule has 4 saturated heterocycles. The van der Waals surface area contributed by atoms with Crippen molar-refractivity contribution in [3.8, 4) is 0 Å². The van der Waals surface area contributed by atoms with Crippen LogP contribution in [0.1, 0.15) is 113 Å². The van der Waals surface area contributed by atoms with E-state index in [1.165, 1.54) is 13.8 Å². The molecule has 0 aromatic rings. The van der Waals surface area contributed by atoms with E-state index in [1.54, 1.807) is 6.92 Å². The van der Waals surface area contributed by atoms with E-state index in [0.717, 1.165) is 44.1 Å². The van der Waals surface area contributed by atoms with Gasteiger partial charge in [-0.25, -0.2) is 0 Å². The summed E-state index contributed by atoms with van der Waals surface area (Å²) in [4.78, 5) is 0.343. The molecular weight excluding hydrogens is 552 g/mol. The van der Waals surface area contributed by atoms with Gasteiger partial charge in [0.1, 0.15) is 5.60 Å². The van der Waals surface area contributed by atoms with Crippen molar-refractivity contribution in [1.82, 2.24) is 0 Å². The second-order valence-electron chi connectivity index (χ2n) is 14.1. The highest BCUT2D eigenvalue weighted by molar-refractivity contribution is 9.09. The van der Waals surface area contributed by atoms with Crippen LogP contribution in [0.15, 0.2) is 12.2 Å². The van der Waals surface area contributed by atoms with Crippen LogP contribution in [0.4, 0.5) is 0 Å². The number of hydrogen-bond donors (Lipinski definition) is 3. The fraction of sp³-hybridized carbons (Fsp3) is 0.933. The number of alkyl halides is 1. The van der Waals surface area contributed by atoms with Crippen LogP contribution in [0.3, 0.4) is 0 Å². The van der Waals surface area contributed by atoms with Crippen LogP contribution in [-0.4, -0.2) is 78.4 Å². The molecule has 0 spiro atoms. The molecule has 0 aromatic carbocycles. The lowest BCUT2D eigenvalue weighted by molar-refractivity contribution is -0.306. The average Bonchev–Trinajstić information content (AvgIpc) is 3.15. The van der Waals surface area contributed by atoms with Crippen LogP contribution in [0.25, 0.3) is 0 Å². The molecule has 4 aliphatic heterocycles. The molecule has 0 amide bonds. The van der Waals surface area contributed by atoms with E-state index in [1.807, 2.05) is 0 Å². The topological polar surface area (TPSA) is 97.6 Å². The fourth-order valence-electron chi connectivity index (χ4n) is 6.98. The largest absolute Gasteiger partial charge is 0.390 e. The van der Waals surface area contributed by atoms with Crippen molar-refractivity contribution in [3.05, 3.63) is 12.2 Å². The Morgan fingerprint density at radius 1 is 0.947 bits per heavy atom. The van der Waals surface area contributed by atoms with E-state index < -0.39 is 23.1 Å². The van der Waals surface area contributed by atoms with Crippen LogP contribution in [0.2, 0.25) is 0 Å². The Hall–Kier alpha value is -0.0600. The van der Waals surface area contributed by atoms with Crippen LogP contribution in [0, 0.1) is 0 Å². The van der Waals surface area contributed by atoms with E-state index in [0.29, 0.717) is 24.1 Å². The molecule has 0 aromatic heterocycles. The molecule has 220 valence electrons. The maximum absolute atomic E-state index is 11.0. The van der Waals surface area contributed by atoms with Crippen molar-refractivity contribution in [2.45, 2.75) is 176 Å². The van der Waals surface area contributed by atoms with E-state index in [2.05, 4.69) is 50.2 Å². The minimum absolute atomic E-state index is 0.0198. The Bertz CT molecular complexity index is 888. The molecule has 9 atom stereocenters. The first kappa shape index (κ1) is 30.9. The first-order valence-corrected chi connectivity index (χ1v) is 15.4. The van der Waals surface area contributed by atoms with Gasteiger partial charge in [0.15, 0.2) is 5.79 Å². The average molecular weight is 604 g/mol. The minimum atomic E-state index is -1.67. The van der Waals surface area contributed by atoms with Crippen LogP contribution < -0.4 is 0 Å². The number of halogens is 1. The molecule has 4 rings (SSSR count). The van der Waals surface area contributed by atoms with Crippen molar-refractivity contribution in [2.75, 3.05) is 0 Å². The Morgan fingerprint density at radius 3 is 2.18 bits per heavy atom. The van der Waals surface area contributed by atoms with Gasteiger partial charge in [-0.3, -0.25) is 0 Å². The summed E-state index contributed by atoms with van der Waals surface area (Å²) in [6.07, 6.45) is 6.57. The highest BCUT2D eigenvalue weighted by Gasteiger charge is 2.56. The molecule has 7 nitrogen and oxygen atoms in total. The molecule has 3 N–H and O–H groups in total. The quantitative estimate of drug-likeness (QED) is 0.268. The molecule has 4 heterocycles. The first-order chi connectivity index (χ1) is 17.3. The molecule has 4 fully saturated rings. The second kappa shape index (κ2) is 10.3. The third kappa shape index (κ3) is 5.80. The molecule has 4 aliphatic rings. The summed E-state index contributed by atoms with van der Waals surface area (Å²) in [7, 11) is 0. The lowest BCUT2D eigenvalue weighted by Crippen LogP contribution is -2.62. The summed E-state index contributed by atoms with van der Waals surface area (Å²) in [6, 6.07) is 0. The van der Waals surface area contributed by atoms with Crippen LogP contribution in [-0.2, 0) is 18.9 Å². The minimum Gasteiger partial charge on any atom is -0.390 e. The van der Waals surface area contributed by atoms with Gasteiger partial charge in [0.2, 0.25) is 0 Å².